The Morgan fingerprint density at radius 1 is 0.800 bits per heavy atom. The molecule has 3 rings (SSSR count). The van der Waals surface area contributed by atoms with Crippen LogP contribution >= 0.6 is 0 Å². The van der Waals surface area contributed by atoms with Crippen molar-refractivity contribution in [3.63, 3.8) is 0 Å². The summed E-state index contributed by atoms with van der Waals surface area (Å²) in [5.41, 5.74) is 3.10. The lowest BCUT2D eigenvalue weighted by Gasteiger charge is -2.25. The molecular weight excluding hydrogens is 310 g/mol. The molecule has 0 radical (unpaired) electrons. The molecule has 25 heavy (non-hydrogen) atoms. The number of aliphatic hydroxyl groups excluding tert-OH is 1. The number of nitrogens with one attached hydrogen (secondary N) is 1. The van der Waals surface area contributed by atoms with Crippen LogP contribution < -0.4 is 10.1 Å². The molecule has 0 aliphatic rings. The van der Waals surface area contributed by atoms with E-state index in [9.17, 15) is 5.11 Å². The van der Waals surface area contributed by atoms with Gasteiger partial charge in [0.2, 0.25) is 0 Å². The molecule has 128 valence electrons. The zero-order chi connectivity index (χ0) is 17.5. The van der Waals surface area contributed by atoms with Crippen LogP contribution in [0.1, 0.15) is 28.8 Å². The van der Waals surface area contributed by atoms with Crippen LogP contribution in [0.3, 0.4) is 0 Å². The summed E-state index contributed by atoms with van der Waals surface area (Å²) in [6, 6.07) is 27.6. The maximum Gasteiger partial charge on any atom is 0.118 e. The summed E-state index contributed by atoms with van der Waals surface area (Å²) in [7, 11) is 1.64. The predicted molar refractivity (Wildman–Crippen MR) is 100 cm³/mol. The Morgan fingerprint density at radius 3 is 2.00 bits per heavy atom. The molecule has 0 spiro atoms. The van der Waals surface area contributed by atoms with E-state index in [2.05, 4.69) is 17.4 Å². The Balaban J connectivity index is 1.82. The number of hydrogen-bond donors (Lipinski definition) is 2. The summed E-state index contributed by atoms with van der Waals surface area (Å²) in [6.45, 7) is 0.688. The zero-order valence-electron chi connectivity index (χ0n) is 14.3. The number of benzene rings is 3. The molecule has 0 aromatic heterocycles. The molecule has 0 bridgehead atoms. The van der Waals surface area contributed by atoms with E-state index in [1.165, 1.54) is 5.56 Å². The summed E-state index contributed by atoms with van der Waals surface area (Å²) >= 11 is 0. The van der Waals surface area contributed by atoms with Gasteiger partial charge in [-0.25, -0.2) is 0 Å². The van der Waals surface area contributed by atoms with Gasteiger partial charge in [-0.05, 0) is 28.8 Å². The molecule has 0 aliphatic carbocycles. The molecule has 3 aromatic rings. The number of ether oxygens (including phenoxy) is 1. The topological polar surface area (TPSA) is 41.5 Å². The molecular formula is C22H23NO2. The maximum atomic E-state index is 11.0. The molecule has 2 atom stereocenters. The van der Waals surface area contributed by atoms with Gasteiger partial charge in [0.25, 0.3) is 0 Å². The molecule has 3 nitrogen and oxygen atoms in total. The molecule has 2 N–H and O–H groups in total. The molecule has 0 fully saturated rings. The van der Waals surface area contributed by atoms with Gasteiger partial charge >= 0.3 is 0 Å². The van der Waals surface area contributed by atoms with E-state index in [4.69, 9.17) is 4.74 Å². The van der Waals surface area contributed by atoms with Crippen LogP contribution in [0.5, 0.6) is 5.75 Å². The van der Waals surface area contributed by atoms with Gasteiger partial charge in [0, 0.05) is 6.54 Å². The minimum atomic E-state index is -0.656. The van der Waals surface area contributed by atoms with Crippen LogP contribution in [0.2, 0.25) is 0 Å². The maximum absolute atomic E-state index is 11.0. The van der Waals surface area contributed by atoms with Crippen LogP contribution in [0.15, 0.2) is 84.9 Å². The van der Waals surface area contributed by atoms with Gasteiger partial charge in [-0.15, -0.1) is 0 Å². The average Bonchev–Trinajstić information content (AvgIpc) is 2.69. The summed E-state index contributed by atoms with van der Waals surface area (Å²) in [5, 5.41) is 14.5. The van der Waals surface area contributed by atoms with Crippen LogP contribution in [-0.2, 0) is 6.54 Å². The fourth-order valence-electron chi connectivity index (χ4n) is 2.89. The van der Waals surface area contributed by atoms with Gasteiger partial charge in [-0.1, -0.05) is 72.8 Å². The largest absolute Gasteiger partial charge is 0.497 e. The van der Waals surface area contributed by atoms with Crippen LogP contribution in [-0.4, -0.2) is 12.2 Å². The van der Waals surface area contributed by atoms with Gasteiger partial charge in [-0.3, -0.25) is 0 Å². The fourth-order valence-corrected chi connectivity index (χ4v) is 2.89. The van der Waals surface area contributed by atoms with Crippen molar-refractivity contribution in [1.29, 1.82) is 0 Å². The lowest BCUT2D eigenvalue weighted by Crippen LogP contribution is -2.27. The van der Waals surface area contributed by atoms with E-state index in [0.717, 1.165) is 16.9 Å². The van der Waals surface area contributed by atoms with Crippen LogP contribution in [0, 0.1) is 0 Å². The van der Waals surface area contributed by atoms with Gasteiger partial charge < -0.3 is 15.2 Å². The van der Waals surface area contributed by atoms with E-state index in [-0.39, 0.29) is 6.04 Å². The first-order valence-electron chi connectivity index (χ1n) is 8.42. The monoisotopic (exact) mass is 333 g/mol. The van der Waals surface area contributed by atoms with Gasteiger partial charge in [0.05, 0.1) is 19.3 Å². The third kappa shape index (κ3) is 4.47. The predicted octanol–water partition coefficient (Wildman–Crippen LogP) is 4.26. The summed E-state index contributed by atoms with van der Waals surface area (Å²) in [6.07, 6.45) is -0.656. The van der Waals surface area contributed by atoms with Crippen molar-refractivity contribution >= 4 is 0 Å². The summed E-state index contributed by atoms with van der Waals surface area (Å²) in [4.78, 5) is 0. The van der Waals surface area contributed by atoms with Crippen molar-refractivity contribution < 1.29 is 9.84 Å². The molecule has 0 unspecified atom stereocenters. The highest BCUT2D eigenvalue weighted by molar-refractivity contribution is 5.31. The minimum absolute atomic E-state index is 0.199. The normalized spacial score (nSPS) is 13.2. The molecule has 0 amide bonds. The van der Waals surface area contributed by atoms with Gasteiger partial charge in [-0.2, -0.15) is 0 Å². The zero-order valence-corrected chi connectivity index (χ0v) is 14.3. The Labute approximate surface area is 148 Å². The highest BCUT2D eigenvalue weighted by atomic mass is 16.5. The molecule has 0 aliphatic heterocycles. The molecule has 3 aromatic carbocycles. The first-order valence-corrected chi connectivity index (χ1v) is 8.42. The second-order valence-corrected chi connectivity index (χ2v) is 5.97. The van der Waals surface area contributed by atoms with Crippen LogP contribution in [0.25, 0.3) is 0 Å². The number of aliphatic hydroxyl groups is 1. The van der Waals surface area contributed by atoms with Gasteiger partial charge in [0.1, 0.15) is 5.75 Å². The Bertz CT molecular complexity index is 757. The highest BCUT2D eigenvalue weighted by Gasteiger charge is 2.22. The fraction of sp³-hybridized carbons (Fsp3) is 0.182. The van der Waals surface area contributed by atoms with Crippen molar-refractivity contribution in [3.05, 3.63) is 102 Å². The first kappa shape index (κ1) is 17.2. The summed E-state index contributed by atoms with van der Waals surface area (Å²) in [5.74, 6) is 0.782. The highest BCUT2D eigenvalue weighted by Crippen LogP contribution is 2.30. The van der Waals surface area contributed by atoms with E-state index in [1.807, 2.05) is 72.8 Å². The van der Waals surface area contributed by atoms with Crippen LogP contribution in [0.4, 0.5) is 0 Å². The van der Waals surface area contributed by atoms with E-state index >= 15 is 0 Å². The average molecular weight is 333 g/mol. The van der Waals surface area contributed by atoms with Crippen molar-refractivity contribution in [2.24, 2.45) is 0 Å². The standard InChI is InChI=1S/C22H23NO2/c1-25-20-14-12-19(13-15-20)22(24)21(18-10-6-3-7-11-18)23-16-17-8-4-2-5-9-17/h2-15,21-24H,16H2,1H3/t21-,22+/m0/s1. The molecule has 0 saturated heterocycles. The Kier molecular flexibility index (Phi) is 5.83. The van der Waals surface area contributed by atoms with Crippen molar-refractivity contribution in [3.8, 4) is 5.75 Å². The lowest BCUT2D eigenvalue weighted by atomic mass is 9.95. The second-order valence-electron chi connectivity index (χ2n) is 5.97. The Morgan fingerprint density at radius 2 is 1.40 bits per heavy atom. The number of methoxy groups -OCH3 is 1. The second kappa shape index (κ2) is 8.47. The third-order valence-corrected chi connectivity index (χ3v) is 4.30. The molecule has 3 heteroatoms. The Hall–Kier alpha value is -2.62. The molecule has 0 saturated carbocycles. The minimum Gasteiger partial charge on any atom is -0.497 e. The quantitative estimate of drug-likeness (QED) is 0.679. The first-order chi connectivity index (χ1) is 12.3. The van der Waals surface area contributed by atoms with Crippen molar-refractivity contribution in [2.45, 2.75) is 18.7 Å². The number of rotatable bonds is 7. The lowest BCUT2D eigenvalue weighted by molar-refractivity contribution is 0.127. The van der Waals surface area contributed by atoms with Crippen molar-refractivity contribution in [1.82, 2.24) is 5.32 Å². The van der Waals surface area contributed by atoms with Gasteiger partial charge in [0.15, 0.2) is 0 Å². The van der Waals surface area contributed by atoms with E-state index in [1.54, 1.807) is 7.11 Å². The summed E-state index contributed by atoms with van der Waals surface area (Å²) < 4.78 is 5.20. The SMILES string of the molecule is COc1ccc([C@@H](O)[C@@H](NCc2ccccc2)c2ccccc2)cc1. The number of hydrogen-bond acceptors (Lipinski definition) is 3. The van der Waals surface area contributed by atoms with Crippen molar-refractivity contribution in [2.75, 3.05) is 7.11 Å². The van der Waals surface area contributed by atoms with E-state index < -0.39 is 6.10 Å². The third-order valence-electron chi connectivity index (χ3n) is 4.30. The smallest absolute Gasteiger partial charge is 0.118 e. The van der Waals surface area contributed by atoms with E-state index in [0.29, 0.717) is 6.54 Å². The molecule has 0 heterocycles.